The van der Waals surface area contributed by atoms with Crippen LogP contribution in [0.1, 0.15) is 43.7 Å². The normalized spacial score (nSPS) is 16.3. The lowest BCUT2D eigenvalue weighted by molar-refractivity contribution is -0.130. The predicted molar refractivity (Wildman–Crippen MR) is 194 cm³/mol. The van der Waals surface area contributed by atoms with Gasteiger partial charge in [0.2, 0.25) is 11.8 Å². The summed E-state index contributed by atoms with van der Waals surface area (Å²) in [7, 11) is 1.47. The maximum Gasteiger partial charge on any atom is 0.220 e. The molecule has 0 unspecified atom stereocenters. The highest BCUT2D eigenvalue weighted by Crippen LogP contribution is 2.42. The Kier molecular flexibility index (Phi) is 11.7. The van der Waals surface area contributed by atoms with E-state index in [1.165, 1.54) is 19.4 Å². The summed E-state index contributed by atoms with van der Waals surface area (Å²) in [5.74, 6) is -0.566. The van der Waals surface area contributed by atoms with Crippen LogP contribution in [0.25, 0.3) is 22.4 Å². The van der Waals surface area contributed by atoms with Gasteiger partial charge >= 0.3 is 0 Å². The molecule has 4 heterocycles. The van der Waals surface area contributed by atoms with Gasteiger partial charge in [0.25, 0.3) is 0 Å². The van der Waals surface area contributed by atoms with Crippen LogP contribution in [0.15, 0.2) is 54.9 Å². The monoisotopic (exact) mass is 737 g/mol. The van der Waals surface area contributed by atoms with Crippen molar-refractivity contribution in [1.82, 2.24) is 30.8 Å². The minimum atomic E-state index is -0.503. The fraction of sp³-hybridized carbons (Fsp3) is 0.351. The molecule has 4 N–H and O–H groups in total. The Balaban J connectivity index is 1.18. The summed E-state index contributed by atoms with van der Waals surface area (Å²) in [5.41, 5.74) is 3.04. The van der Waals surface area contributed by atoms with Gasteiger partial charge in [-0.25, -0.2) is 13.8 Å². The van der Waals surface area contributed by atoms with Gasteiger partial charge in [-0.05, 0) is 49.6 Å². The van der Waals surface area contributed by atoms with Crippen molar-refractivity contribution in [3.63, 3.8) is 0 Å². The number of nitrogens with zero attached hydrogens (tertiary/aromatic N) is 3. The fourth-order valence-corrected chi connectivity index (χ4v) is 7.08. The molecular formula is C37H39Cl2F2N7O3. The van der Waals surface area contributed by atoms with Gasteiger partial charge in [-0.2, -0.15) is 0 Å². The Morgan fingerprint density at radius 3 is 2.51 bits per heavy atom. The molecule has 0 radical (unpaired) electrons. The Labute approximate surface area is 305 Å². The number of carbonyl (C=O) groups excluding carboxylic acids is 2. The summed E-state index contributed by atoms with van der Waals surface area (Å²) in [6, 6.07) is 11.8. The number of pyridine rings is 2. The Bertz CT molecular complexity index is 1920. The number of halogens is 4. The third-order valence-electron chi connectivity index (χ3n) is 9.35. The summed E-state index contributed by atoms with van der Waals surface area (Å²) in [6.07, 6.45) is 5.92. The van der Waals surface area contributed by atoms with E-state index < -0.39 is 11.6 Å². The number of benzene rings is 2. The molecular weight excluding hydrogens is 699 g/mol. The van der Waals surface area contributed by atoms with Crippen LogP contribution in [-0.4, -0.2) is 65.5 Å². The smallest absolute Gasteiger partial charge is 0.220 e. The molecule has 0 saturated carbocycles. The van der Waals surface area contributed by atoms with Crippen LogP contribution in [0.4, 0.5) is 20.3 Å². The summed E-state index contributed by atoms with van der Waals surface area (Å²) >= 11 is 13.8. The van der Waals surface area contributed by atoms with E-state index in [0.29, 0.717) is 77.5 Å². The lowest BCUT2D eigenvalue weighted by atomic mass is 10.0. The predicted octanol–water partition coefficient (Wildman–Crippen LogP) is 6.62. The molecule has 10 nitrogen and oxygen atoms in total. The van der Waals surface area contributed by atoms with Crippen molar-refractivity contribution in [1.29, 1.82) is 0 Å². The number of ether oxygens (including phenoxy) is 1. The maximum atomic E-state index is 15.7. The van der Waals surface area contributed by atoms with Gasteiger partial charge in [-0.1, -0.05) is 35.3 Å². The molecule has 4 aromatic rings. The molecule has 2 saturated heterocycles. The highest BCUT2D eigenvalue weighted by molar-refractivity contribution is 6.39. The number of likely N-dealkylation sites (tertiary alicyclic amines) is 1. The van der Waals surface area contributed by atoms with Crippen LogP contribution in [0, 0.1) is 11.6 Å². The molecule has 2 aromatic carbocycles. The second kappa shape index (κ2) is 16.3. The molecule has 0 aliphatic carbocycles. The van der Waals surface area contributed by atoms with E-state index in [1.807, 2.05) is 4.90 Å². The molecule has 2 aromatic heterocycles. The number of hydrogen-bond acceptors (Lipinski definition) is 8. The van der Waals surface area contributed by atoms with Gasteiger partial charge in [0.1, 0.15) is 11.6 Å². The SMILES string of the molecule is COc1cc(-c2nccc(-c3cccc(Nc4nccc(CNC5CCN(C(C)=O)CC5)c4F)c3Cl)c2Cl)cc(F)c1CNC[C@H]1CCC(=O)N1. The number of methoxy groups -OCH3 is 1. The first-order valence-corrected chi connectivity index (χ1v) is 17.6. The van der Waals surface area contributed by atoms with Crippen LogP contribution < -0.4 is 26.0 Å². The van der Waals surface area contributed by atoms with Gasteiger partial charge in [0, 0.05) is 98.4 Å². The molecule has 14 heteroatoms. The number of piperidine rings is 1. The average molecular weight is 739 g/mol. The third kappa shape index (κ3) is 8.41. The topological polar surface area (TPSA) is 121 Å². The van der Waals surface area contributed by atoms with Crippen molar-refractivity contribution in [3.05, 3.63) is 87.7 Å². The molecule has 268 valence electrons. The van der Waals surface area contributed by atoms with Crippen LogP contribution in [0.5, 0.6) is 5.75 Å². The van der Waals surface area contributed by atoms with Crippen LogP contribution in [0.3, 0.4) is 0 Å². The lowest BCUT2D eigenvalue weighted by Gasteiger charge is -2.31. The van der Waals surface area contributed by atoms with Crippen molar-refractivity contribution >= 4 is 46.5 Å². The van der Waals surface area contributed by atoms with E-state index >= 15 is 8.78 Å². The first-order chi connectivity index (χ1) is 24.6. The quantitative estimate of drug-likeness (QED) is 0.128. The zero-order valence-electron chi connectivity index (χ0n) is 28.3. The van der Waals surface area contributed by atoms with Crippen LogP contribution >= 0.6 is 23.2 Å². The first kappa shape index (κ1) is 36.4. The van der Waals surface area contributed by atoms with Crippen molar-refractivity contribution in [2.24, 2.45) is 0 Å². The lowest BCUT2D eigenvalue weighted by Crippen LogP contribution is -2.44. The van der Waals surface area contributed by atoms with Gasteiger partial charge in [-0.15, -0.1) is 0 Å². The summed E-state index contributed by atoms with van der Waals surface area (Å²) < 4.78 is 36.7. The van der Waals surface area contributed by atoms with E-state index in [0.717, 1.165) is 19.3 Å². The average Bonchev–Trinajstić information content (AvgIpc) is 3.54. The second-order valence-corrected chi connectivity index (χ2v) is 13.4. The molecule has 2 amide bonds. The van der Waals surface area contributed by atoms with E-state index in [1.54, 1.807) is 49.5 Å². The van der Waals surface area contributed by atoms with Gasteiger partial charge in [-0.3, -0.25) is 14.6 Å². The molecule has 1 atom stereocenters. The highest BCUT2D eigenvalue weighted by atomic mass is 35.5. The largest absolute Gasteiger partial charge is 0.496 e. The van der Waals surface area contributed by atoms with Crippen molar-refractivity contribution in [2.75, 3.05) is 32.1 Å². The van der Waals surface area contributed by atoms with E-state index in [-0.39, 0.29) is 46.3 Å². The van der Waals surface area contributed by atoms with Crippen LogP contribution in [-0.2, 0) is 22.7 Å². The number of aromatic nitrogens is 2. The number of amides is 2. The number of hydrogen-bond donors (Lipinski definition) is 4. The van der Waals surface area contributed by atoms with Crippen LogP contribution in [0.2, 0.25) is 10.0 Å². The summed E-state index contributed by atoms with van der Waals surface area (Å²) in [4.78, 5) is 33.6. The van der Waals surface area contributed by atoms with Crippen molar-refractivity contribution < 1.29 is 23.1 Å². The van der Waals surface area contributed by atoms with Gasteiger partial charge < -0.3 is 30.9 Å². The fourth-order valence-electron chi connectivity index (χ4n) is 6.48. The second-order valence-electron chi connectivity index (χ2n) is 12.7. The Morgan fingerprint density at radius 2 is 1.78 bits per heavy atom. The van der Waals surface area contributed by atoms with Gasteiger partial charge in [0.15, 0.2) is 11.6 Å². The molecule has 2 fully saturated rings. The van der Waals surface area contributed by atoms with E-state index in [9.17, 15) is 9.59 Å². The first-order valence-electron chi connectivity index (χ1n) is 16.8. The Morgan fingerprint density at radius 1 is 1.02 bits per heavy atom. The molecule has 6 rings (SSSR count). The number of carbonyl (C=O) groups is 2. The number of rotatable bonds is 12. The maximum absolute atomic E-state index is 15.7. The van der Waals surface area contributed by atoms with Gasteiger partial charge in [0.05, 0.1) is 28.5 Å². The Hall–Kier alpha value is -4.36. The molecule has 0 bridgehead atoms. The van der Waals surface area contributed by atoms with E-state index in [4.69, 9.17) is 27.9 Å². The molecule has 2 aliphatic heterocycles. The zero-order valence-corrected chi connectivity index (χ0v) is 29.8. The van der Waals surface area contributed by atoms with Crippen molar-refractivity contribution in [2.45, 2.75) is 57.8 Å². The standard InChI is InChI=1S/C37H39Cl2F2N7O3/c1-21(49)48-14-10-24(11-15-48)45-18-22-8-12-44-37(35(22)41)47-30-5-3-4-26(33(30)38)27-9-13-43-36(34(27)39)23-16-29(40)28(31(17-23)51-2)20-42-19-25-6-7-32(50)46-25/h3-5,8-9,12-13,16-17,24-25,42,45H,6-7,10-11,14-15,18-20H2,1-2H3,(H,44,47)(H,46,50)/t25-/m1/s1. The summed E-state index contributed by atoms with van der Waals surface area (Å²) in [5, 5.41) is 13.1. The summed E-state index contributed by atoms with van der Waals surface area (Å²) in [6.45, 7) is 3.94. The molecule has 2 aliphatic rings. The minimum absolute atomic E-state index is 0.00850. The van der Waals surface area contributed by atoms with Crippen molar-refractivity contribution in [3.8, 4) is 28.1 Å². The zero-order chi connectivity index (χ0) is 36.1. The molecule has 51 heavy (non-hydrogen) atoms. The minimum Gasteiger partial charge on any atom is -0.496 e. The number of nitrogens with one attached hydrogen (secondary N) is 4. The number of anilines is 2. The molecule has 0 spiro atoms. The highest BCUT2D eigenvalue weighted by Gasteiger charge is 2.23. The van der Waals surface area contributed by atoms with E-state index in [2.05, 4.69) is 31.2 Å². The third-order valence-corrected chi connectivity index (χ3v) is 10.1.